The molecule has 0 saturated heterocycles. The van der Waals surface area contributed by atoms with Gasteiger partial charge in [0.05, 0.1) is 10.5 Å². The molecule has 110 valence electrons. The predicted octanol–water partition coefficient (Wildman–Crippen LogP) is 4.22. The van der Waals surface area contributed by atoms with Crippen LogP contribution in [0.2, 0.25) is 0 Å². The maximum atomic E-state index is 12.9. The van der Waals surface area contributed by atoms with Crippen LogP contribution in [0.25, 0.3) is 0 Å². The van der Waals surface area contributed by atoms with Gasteiger partial charge in [0.2, 0.25) is 0 Å². The van der Waals surface area contributed by atoms with Gasteiger partial charge in [-0.1, -0.05) is 13.3 Å². The van der Waals surface area contributed by atoms with Crippen molar-refractivity contribution >= 4 is 11.4 Å². The first kappa shape index (κ1) is 14.6. The molecule has 1 N–H and O–H groups in total. The van der Waals surface area contributed by atoms with Crippen molar-refractivity contribution in [2.24, 2.45) is 5.41 Å². The van der Waals surface area contributed by atoms with Crippen LogP contribution in [0.5, 0.6) is 0 Å². The molecule has 0 aromatic heterocycles. The van der Waals surface area contributed by atoms with E-state index in [-0.39, 0.29) is 11.1 Å². The Morgan fingerprint density at radius 3 is 2.50 bits per heavy atom. The van der Waals surface area contributed by atoms with E-state index < -0.39 is 22.4 Å². The zero-order chi connectivity index (χ0) is 15.0. The van der Waals surface area contributed by atoms with Gasteiger partial charge < -0.3 is 5.32 Å². The van der Waals surface area contributed by atoms with Crippen LogP contribution >= 0.6 is 0 Å². The number of nitrogens with zero attached hydrogens (tertiary/aromatic N) is 1. The summed E-state index contributed by atoms with van der Waals surface area (Å²) in [5.74, 6) is 0. The molecular formula is C13H15F3N2O2. The Kier molecular flexibility index (Phi) is 3.62. The molecule has 1 saturated carbocycles. The normalized spacial score (nSPS) is 17.4. The lowest BCUT2D eigenvalue weighted by Crippen LogP contribution is -2.33. The Hall–Kier alpha value is -1.79. The third kappa shape index (κ3) is 3.02. The van der Waals surface area contributed by atoms with Gasteiger partial charge >= 0.3 is 6.18 Å². The first-order chi connectivity index (χ1) is 9.21. The molecule has 1 fully saturated rings. The van der Waals surface area contributed by atoms with Gasteiger partial charge in [-0.3, -0.25) is 10.1 Å². The first-order valence-corrected chi connectivity index (χ1v) is 6.31. The molecule has 1 aliphatic carbocycles. The highest BCUT2D eigenvalue weighted by atomic mass is 19.4. The molecule has 0 radical (unpaired) electrons. The summed E-state index contributed by atoms with van der Waals surface area (Å²) in [6.45, 7) is 2.45. The molecule has 0 atom stereocenters. The minimum absolute atomic E-state index is 0.0185. The second-order valence-corrected chi connectivity index (χ2v) is 5.50. The highest BCUT2D eigenvalue weighted by Crippen LogP contribution is 2.42. The number of halogens is 3. The maximum Gasteiger partial charge on any atom is 0.418 e. The minimum atomic E-state index is -4.62. The summed E-state index contributed by atoms with van der Waals surface area (Å²) in [5, 5.41) is 13.4. The molecule has 1 aliphatic rings. The average Bonchev–Trinajstić information content (AvgIpc) is 2.32. The fraction of sp³-hybridized carbons (Fsp3) is 0.538. The van der Waals surface area contributed by atoms with Gasteiger partial charge in [-0.2, -0.15) is 13.2 Å². The highest BCUT2D eigenvalue weighted by molar-refractivity contribution is 5.57. The Balaban J connectivity index is 2.24. The van der Waals surface area contributed by atoms with Crippen molar-refractivity contribution in [3.05, 3.63) is 33.9 Å². The molecule has 1 aromatic rings. The summed E-state index contributed by atoms with van der Waals surface area (Å²) in [6.07, 6.45) is -1.57. The molecule has 0 amide bonds. The number of hydrogen-bond donors (Lipinski definition) is 1. The van der Waals surface area contributed by atoms with Crippen molar-refractivity contribution in [1.82, 2.24) is 0 Å². The van der Waals surface area contributed by atoms with E-state index in [0.29, 0.717) is 12.6 Å². The van der Waals surface area contributed by atoms with E-state index in [1.165, 1.54) is 0 Å². The summed E-state index contributed by atoms with van der Waals surface area (Å²) < 4.78 is 38.8. The number of rotatable bonds is 4. The number of anilines is 1. The van der Waals surface area contributed by atoms with Crippen molar-refractivity contribution in [3.63, 3.8) is 0 Å². The number of nitro benzene ring substituents is 1. The van der Waals surface area contributed by atoms with E-state index in [0.717, 1.165) is 31.4 Å². The molecule has 0 heterocycles. The number of benzene rings is 1. The quantitative estimate of drug-likeness (QED) is 0.666. The Morgan fingerprint density at radius 2 is 2.05 bits per heavy atom. The lowest BCUT2D eigenvalue weighted by atomic mass is 9.70. The number of non-ortho nitro benzene ring substituents is 1. The molecule has 0 aliphatic heterocycles. The highest BCUT2D eigenvalue weighted by Gasteiger charge is 2.36. The van der Waals surface area contributed by atoms with Gasteiger partial charge in [0.15, 0.2) is 0 Å². The third-order valence-corrected chi connectivity index (χ3v) is 3.79. The molecule has 20 heavy (non-hydrogen) atoms. The smallest absolute Gasteiger partial charge is 0.384 e. The molecule has 0 spiro atoms. The molecular weight excluding hydrogens is 273 g/mol. The van der Waals surface area contributed by atoms with Crippen LogP contribution in [0.4, 0.5) is 24.5 Å². The molecule has 4 nitrogen and oxygen atoms in total. The lowest BCUT2D eigenvalue weighted by molar-refractivity contribution is -0.385. The van der Waals surface area contributed by atoms with Crippen LogP contribution < -0.4 is 5.32 Å². The monoisotopic (exact) mass is 288 g/mol. The van der Waals surface area contributed by atoms with E-state index in [2.05, 4.69) is 5.32 Å². The molecule has 2 rings (SSSR count). The Morgan fingerprint density at radius 1 is 1.40 bits per heavy atom. The molecule has 7 heteroatoms. The van der Waals surface area contributed by atoms with Crippen molar-refractivity contribution in [2.45, 2.75) is 32.4 Å². The van der Waals surface area contributed by atoms with Gasteiger partial charge in [0.1, 0.15) is 0 Å². The van der Waals surface area contributed by atoms with Gasteiger partial charge in [-0.25, -0.2) is 0 Å². The van der Waals surface area contributed by atoms with E-state index in [1.54, 1.807) is 0 Å². The van der Waals surface area contributed by atoms with Gasteiger partial charge in [0.25, 0.3) is 5.69 Å². The zero-order valence-corrected chi connectivity index (χ0v) is 11.0. The van der Waals surface area contributed by atoms with Crippen LogP contribution in [-0.4, -0.2) is 11.5 Å². The van der Waals surface area contributed by atoms with E-state index in [4.69, 9.17) is 0 Å². The van der Waals surface area contributed by atoms with E-state index in [9.17, 15) is 23.3 Å². The SMILES string of the molecule is CC1(CNc2ccc([N+](=O)[O-])cc2C(F)(F)F)CCC1. The number of alkyl halides is 3. The molecule has 0 bridgehead atoms. The molecule has 0 unspecified atom stereocenters. The first-order valence-electron chi connectivity index (χ1n) is 6.31. The summed E-state index contributed by atoms with van der Waals surface area (Å²) in [6, 6.07) is 2.79. The van der Waals surface area contributed by atoms with Crippen LogP contribution in [0.1, 0.15) is 31.7 Å². The largest absolute Gasteiger partial charge is 0.418 e. The summed E-state index contributed by atoms with van der Waals surface area (Å²) >= 11 is 0. The third-order valence-electron chi connectivity index (χ3n) is 3.79. The van der Waals surface area contributed by atoms with Crippen molar-refractivity contribution in [3.8, 4) is 0 Å². The zero-order valence-electron chi connectivity index (χ0n) is 11.0. The summed E-state index contributed by atoms with van der Waals surface area (Å²) in [5.41, 5.74) is -1.63. The number of nitrogens with one attached hydrogen (secondary N) is 1. The standard InChI is InChI=1S/C13H15F3N2O2/c1-12(5-2-6-12)8-17-11-4-3-9(18(19)20)7-10(11)13(14,15)16/h3-4,7,17H,2,5-6,8H2,1H3. The van der Waals surface area contributed by atoms with Gasteiger partial charge in [0, 0.05) is 24.4 Å². The van der Waals surface area contributed by atoms with Crippen LogP contribution in [0.3, 0.4) is 0 Å². The van der Waals surface area contributed by atoms with Crippen LogP contribution in [-0.2, 0) is 6.18 Å². The predicted molar refractivity (Wildman–Crippen MR) is 68.5 cm³/mol. The van der Waals surface area contributed by atoms with Crippen LogP contribution in [0, 0.1) is 15.5 Å². The maximum absolute atomic E-state index is 12.9. The molecule has 1 aromatic carbocycles. The van der Waals surface area contributed by atoms with Crippen molar-refractivity contribution in [2.75, 3.05) is 11.9 Å². The Bertz CT molecular complexity index is 525. The van der Waals surface area contributed by atoms with E-state index >= 15 is 0 Å². The average molecular weight is 288 g/mol. The fourth-order valence-electron chi connectivity index (χ4n) is 2.30. The number of hydrogen-bond acceptors (Lipinski definition) is 3. The van der Waals surface area contributed by atoms with Crippen molar-refractivity contribution in [1.29, 1.82) is 0 Å². The topological polar surface area (TPSA) is 55.2 Å². The lowest BCUT2D eigenvalue weighted by Gasteiger charge is -2.38. The van der Waals surface area contributed by atoms with Gasteiger partial charge in [-0.15, -0.1) is 0 Å². The van der Waals surface area contributed by atoms with Crippen molar-refractivity contribution < 1.29 is 18.1 Å². The second-order valence-electron chi connectivity index (χ2n) is 5.50. The fourth-order valence-corrected chi connectivity index (χ4v) is 2.30. The summed E-state index contributed by atoms with van der Waals surface area (Å²) in [7, 11) is 0. The minimum Gasteiger partial charge on any atom is -0.384 e. The number of nitro groups is 1. The Labute approximate surface area is 114 Å². The van der Waals surface area contributed by atoms with Crippen LogP contribution in [0.15, 0.2) is 18.2 Å². The van der Waals surface area contributed by atoms with Gasteiger partial charge in [-0.05, 0) is 24.3 Å². The van der Waals surface area contributed by atoms with E-state index in [1.807, 2.05) is 6.92 Å². The second kappa shape index (κ2) is 4.96. The summed E-state index contributed by atoms with van der Waals surface area (Å²) in [4.78, 5) is 9.75.